The fourth-order valence-electron chi connectivity index (χ4n) is 2.44. The van der Waals surface area contributed by atoms with Gasteiger partial charge in [-0.1, -0.05) is 48.5 Å². The van der Waals surface area contributed by atoms with Gasteiger partial charge in [-0.3, -0.25) is 4.79 Å². The Bertz CT molecular complexity index is 776. The van der Waals surface area contributed by atoms with Gasteiger partial charge in [-0.05, 0) is 24.1 Å². The van der Waals surface area contributed by atoms with Gasteiger partial charge in [-0.2, -0.15) is 4.57 Å². The summed E-state index contributed by atoms with van der Waals surface area (Å²) in [6.45, 7) is 0.378. The van der Waals surface area contributed by atoms with E-state index in [1.54, 1.807) is 0 Å². The topological polar surface area (TPSA) is 20.9 Å². The van der Waals surface area contributed by atoms with Crippen LogP contribution in [0.3, 0.4) is 0 Å². The lowest BCUT2D eigenvalue weighted by atomic mass is 10.1. The van der Waals surface area contributed by atoms with Gasteiger partial charge in [0.15, 0.2) is 12.4 Å². The van der Waals surface area contributed by atoms with Crippen molar-refractivity contribution in [1.29, 1.82) is 0 Å². The molecule has 1 aromatic heterocycles. The van der Waals surface area contributed by atoms with Gasteiger partial charge < -0.3 is 17.0 Å². The monoisotopic (exact) mass is 413 g/mol. The number of aromatic nitrogens is 1. The molecule has 0 spiro atoms. The molecule has 0 N–H and O–H groups in total. The lowest BCUT2D eigenvalue weighted by Gasteiger charge is -2.02. The van der Waals surface area contributed by atoms with Crippen molar-refractivity contribution in [3.05, 3.63) is 96.3 Å². The van der Waals surface area contributed by atoms with Crippen LogP contribution in [0.5, 0.6) is 0 Å². The first-order valence-corrected chi connectivity index (χ1v) is 9.04. The number of halogens is 1. The zero-order valence-electron chi connectivity index (χ0n) is 13.8. The van der Waals surface area contributed by atoms with E-state index in [1.165, 1.54) is 10.5 Å². The van der Waals surface area contributed by atoms with Crippen LogP contribution in [-0.2, 0) is 13.0 Å². The van der Waals surface area contributed by atoms with E-state index in [4.69, 9.17) is 0 Å². The molecule has 2 nitrogen and oxygen atoms in total. The van der Waals surface area contributed by atoms with E-state index in [9.17, 15) is 4.79 Å². The number of Topliss-reactive ketones (excluding diaryl/α,β-unsaturated/α-hetero) is 1. The minimum atomic E-state index is 0. The molecule has 0 atom stereocenters. The van der Waals surface area contributed by atoms with Crippen molar-refractivity contribution >= 4 is 17.5 Å². The van der Waals surface area contributed by atoms with Crippen molar-refractivity contribution < 1.29 is 26.3 Å². The van der Waals surface area contributed by atoms with Gasteiger partial charge >= 0.3 is 0 Å². The average Bonchev–Trinajstić information content (AvgIpc) is 2.65. The fraction of sp³-hybridized carbons (Fsp3) is 0.143. The smallest absolute Gasteiger partial charge is 0.227 e. The summed E-state index contributed by atoms with van der Waals surface area (Å²) in [6.07, 6.45) is 5.00. The summed E-state index contributed by atoms with van der Waals surface area (Å²) in [7, 11) is 0. The number of aryl methyl sites for hydroxylation is 1. The molecule has 0 aliphatic heterocycles. The molecule has 2 aromatic carbocycles. The highest BCUT2D eigenvalue weighted by atomic mass is 79.9. The third-order valence-electron chi connectivity index (χ3n) is 3.78. The van der Waals surface area contributed by atoms with Crippen LogP contribution in [0.1, 0.15) is 15.9 Å². The maximum atomic E-state index is 12.2. The normalized spacial score (nSPS) is 10.1. The number of pyridine rings is 1. The Morgan fingerprint density at radius 1 is 0.840 bits per heavy atom. The molecule has 128 valence electrons. The van der Waals surface area contributed by atoms with Crippen LogP contribution in [0.2, 0.25) is 0 Å². The Hall–Kier alpha value is -1.91. The quantitative estimate of drug-likeness (QED) is 0.329. The van der Waals surface area contributed by atoms with Crippen molar-refractivity contribution in [1.82, 2.24) is 0 Å². The van der Waals surface area contributed by atoms with Crippen molar-refractivity contribution in [2.24, 2.45) is 0 Å². The van der Waals surface area contributed by atoms with Crippen LogP contribution in [0, 0.1) is 0 Å². The first-order valence-electron chi connectivity index (χ1n) is 8.05. The summed E-state index contributed by atoms with van der Waals surface area (Å²) in [5, 5.41) is 0. The number of nitrogens with zero attached hydrogens (tertiary/aromatic N) is 1. The molecule has 0 saturated carbocycles. The standard InChI is InChI=1S/C21H20NOS.BrH/c23-21(19-7-3-1-4-8-19)17-22-14-11-18(12-15-22)13-16-24-20-9-5-2-6-10-20;/h1-12,14-15H,13,16-17H2;1H/q+1;/p-1. The van der Waals surface area contributed by atoms with E-state index in [2.05, 4.69) is 36.4 Å². The van der Waals surface area contributed by atoms with E-state index >= 15 is 0 Å². The van der Waals surface area contributed by atoms with E-state index < -0.39 is 0 Å². The van der Waals surface area contributed by atoms with Crippen molar-refractivity contribution in [2.45, 2.75) is 17.9 Å². The molecule has 3 aromatic rings. The van der Waals surface area contributed by atoms with Gasteiger partial charge in [0.05, 0.1) is 0 Å². The van der Waals surface area contributed by atoms with Gasteiger partial charge in [0, 0.05) is 28.3 Å². The molecule has 0 aliphatic carbocycles. The summed E-state index contributed by atoms with van der Waals surface area (Å²) < 4.78 is 1.93. The highest BCUT2D eigenvalue weighted by molar-refractivity contribution is 7.99. The molecule has 0 fully saturated rings. The summed E-state index contributed by atoms with van der Waals surface area (Å²) in [4.78, 5) is 13.5. The highest BCUT2D eigenvalue weighted by Crippen LogP contribution is 2.18. The Labute approximate surface area is 163 Å². The number of benzene rings is 2. The van der Waals surface area contributed by atoms with Gasteiger partial charge in [0.1, 0.15) is 0 Å². The third kappa shape index (κ3) is 6.15. The second-order valence-electron chi connectivity index (χ2n) is 5.58. The molecule has 0 amide bonds. The van der Waals surface area contributed by atoms with Gasteiger partial charge in [0.25, 0.3) is 0 Å². The number of thioether (sulfide) groups is 1. The molecular formula is C21H20BrNOS. The first kappa shape index (κ1) is 19.4. The lowest BCUT2D eigenvalue weighted by molar-refractivity contribution is -0.683. The molecule has 0 unspecified atom stereocenters. The van der Waals surface area contributed by atoms with Crippen LogP contribution in [0.25, 0.3) is 0 Å². The SMILES string of the molecule is O=C(C[n+]1ccc(CCSc2ccccc2)cc1)c1ccccc1.[Br-]. The molecule has 25 heavy (non-hydrogen) atoms. The maximum absolute atomic E-state index is 12.2. The minimum absolute atomic E-state index is 0. The predicted molar refractivity (Wildman–Crippen MR) is 98.3 cm³/mol. The summed E-state index contributed by atoms with van der Waals surface area (Å²) in [5.41, 5.74) is 2.05. The van der Waals surface area contributed by atoms with E-state index in [1.807, 2.05) is 65.1 Å². The Morgan fingerprint density at radius 3 is 2.08 bits per heavy atom. The molecule has 3 rings (SSSR count). The van der Waals surface area contributed by atoms with Crippen LogP contribution >= 0.6 is 11.8 Å². The van der Waals surface area contributed by atoms with Crippen LogP contribution in [0.15, 0.2) is 90.1 Å². The molecule has 1 heterocycles. The number of hydrogen-bond acceptors (Lipinski definition) is 2. The van der Waals surface area contributed by atoms with Gasteiger partial charge in [-0.15, -0.1) is 11.8 Å². The number of ketones is 1. The summed E-state index contributed by atoms with van der Waals surface area (Å²) in [5.74, 6) is 1.18. The van der Waals surface area contributed by atoms with Gasteiger partial charge in [0.2, 0.25) is 12.3 Å². The van der Waals surface area contributed by atoms with E-state index in [0.29, 0.717) is 6.54 Å². The van der Waals surface area contributed by atoms with E-state index in [0.717, 1.165) is 17.7 Å². The first-order chi connectivity index (χ1) is 11.8. The van der Waals surface area contributed by atoms with Crippen molar-refractivity contribution in [2.75, 3.05) is 5.75 Å². The number of carbonyl (C=O) groups excluding carboxylic acids is 1. The highest BCUT2D eigenvalue weighted by Gasteiger charge is 2.11. The molecule has 0 radical (unpaired) electrons. The molecule has 0 bridgehead atoms. The number of rotatable bonds is 7. The molecule has 4 heteroatoms. The van der Waals surface area contributed by atoms with Gasteiger partial charge in [-0.25, -0.2) is 0 Å². The van der Waals surface area contributed by atoms with Crippen LogP contribution < -0.4 is 21.5 Å². The zero-order valence-corrected chi connectivity index (χ0v) is 16.2. The zero-order chi connectivity index (χ0) is 16.6. The maximum Gasteiger partial charge on any atom is 0.227 e. The number of hydrogen-bond donors (Lipinski definition) is 0. The van der Waals surface area contributed by atoms with Crippen molar-refractivity contribution in [3.8, 4) is 0 Å². The third-order valence-corrected chi connectivity index (χ3v) is 4.80. The second kappa shape index (κ2) is 10.2. The fourth-order valence-corrected chi connectivity index (χ4v) is 3.37. The summed E-state index contributed by atoms with van der Waals surface area (Å²) in [6, 6.07) is 24.1. The second-order valence-corrected chi connectivity index (χ2v) is 6.75. The van der Waals surface area contributed by atoms with Crippen molar-refractivity contribution in [3.63, 3.8) is 0 Å². The minimum Gasteiger partial charge on any atom is -1.00 e. The average molecular weight is 414 g/mol. The Kier molecular flexibility index (Phi) is 7.89. The molecule has 0 aliphatic rings. The molecule has 0 saturated heterocycles. The molecular weight excluding hydrogens is 394 g/mol. The predicted octanol–water partition coefficient (Wildman–Crippen LogP) is 1.20. The lowest BCUT2D eigenvalue weighted by Crippen LogP contribution is -3.00. The van der Waals surface area contributed by atoms with E-state index in [-0.39, 0.29) is 22.8 Å². The van der Waals surface area contributed by atoms with Crippen LogP contribution in [0.4, 0.5) is 0 Å². The number of carbonyl (C=O) groups is 1. The summed E-state index contributed by atoms with van der Waals surface area (Å²) >= 11 is 1.87. The Morgan fingerprint density at radius 2 is 1.44 bits per heavy atom. The largest absolute Gasteiger partial charge is 1.00 e. The van der Waals surface area contributed by atoms with Crippen LogP contribution in [-0.4, -0.2) is 11.5 Å². The Balaban J connectivity index is 0.00000225.